The third-order valence-corrected chi connectivity index (χ3v) is 4.10. The molecule has 0 aliphatic carbocycles. The molecule has 2 aromatic carbocycles. The smallest absolute Gasteiger partial charge is 0.123 e. The van der Waals surface area contributed by atoms with E-state index < -0.39 is 6.10 Å². The van der Waals surface area contributed by atoms with Crippen LogP contribution in [0.25, 0.3) is 0 Å². The average Bonchev–Trinajstić information content (AvgIpc) is 2.32. The molecule has 0 spiro atoms. The van der Waals surface area contributed by atoms with Gasteiger partial charge in [0.15, 0.2) is 0 Å². The number of aryl methyl sites for hydroxylation is 1. The van der Waals surface area contributed by atoms with E-state index in [1.165, 1.54) is 12.1 Å². The number of rotatable bonds is 3. The van der Waals surface area contributed by atoms with Crippen molar-refractivity contribution in [2.75, 3.05) is 0 Å². The predicted molar refractivity (Wildman–Crippen MR) is 81.6 cm³/mol. The molecule has 19 heavy (non-hydrogen) atoms. The number of aliphatic hydroxyl groups is 1. The normalized spacial score (nSPS) is 12.5. The van der Waals surface area contributed by atoms with Gasteiger partial charge in [-0.2, -0.15) is 0 Å². The molecule has 4 heteroatoms. The van der Waals surface area contributed by atoms with E-state index >= 15 is 0 Å². The van der Waals surface area contributed by atoms with Gasteiger partial charge in [0, 0.05) is 15.4 Å². The molecule has 100 valence electrons. The van der Waals surface area contributed by atoms with Gasteiger partial charge in [0.05, 0.1) is 6.10 Å². The highest BCUT2D eigenvalue weighted by Crippen LogP contribution is 2.27. The van der Waals surface area contributed by atoms with Gasteiger partial charge in [-0.25, -0.2) is 4.39 Å². The van der Waals surface area contributed by atoms with Gasteiger partial charge in [0.25, 0.3) is 0 Å². The van der Waals surface area contributed by atoms with Crippen LogP contribution in [0.1, 0.15) is 22.8 Å². The van der Waals surface area contributed by atoms with Crippen molar-refractivity contribution in [3.05, 3.63) is 67.9 Å². The molecule has 1 N–H and O–H groups in total. The van der Waals surface area contributed by atoms with Gasteiger partial charge in [-0.05, 0) is 53.9 Å². The van der Waals surface area contributed by atoms with Crippen molar-refractivity contribution in [2.45, 2.75) is 19.4 Å². The highest BCUT2D eigenvalue weighted by Gasteiger charge is 2.12. The van der Waals surface area contributed by atoms with Crippen molar-refractivity contribution in [1.82, 2.24) is 0 Å². The summed E-state index contributed by atoms with van der Waals surface area (Å²) in [6, 6.07) is 10.3. The number of hydrogen-bond donors (Lipinski definition) is 1. The molecule has 2 aromatic rings. The van der Waals surface area contributed by atoms with E-state index in [2.05, 4.69) is 31.9 Å². The summed E-state index contributed by atoms with van der Waals surface area (Å²) in [5.74, 6) is -0.296. The summed E-state index contributed by atoms with van der Waals surface area (Å²) in [7, 11) is 0. The number of hydrogen-bond acceptors (Lipinski definition) is 1. The predicted octanol–water partition coefficient (Wildman–Crippen LogP) is 4.94. The van der Waals surface area contributed by atoms with E-state index in [1.807, 2.05) is 25.1 Å². The Morgan fingerprint density at radius 2 is 1.89 bits per heavy atom. The lowest BCUT2D eigenvalue weighted by Gasteiger charge is -2.13. The van der Waals surface area contributed by atoms with E-state index in [9.17, 15) is 9.50 Å². The minimum Gasteiger partial charge on any atom is -0.388 e. The van der Waals surface area contributed by atoms with Gasteiger partial charge in [0.2, 0.25) is 0 Å². The highest BCUT2D eigenvalue weighted by molar-refractivity contribution is 9.10. The largest absolute Gasteiger partial charge is 0.388 e. The molecule has 0 aliphatic rings. The Kier molecular flexibility index (Phi) is 4.76. The summed E-state index contributed by atoms with van der Waals surface area (Å²) in [4.78, 5) is 0. The first kappa shape index (κ1) is 14.7. The van der Waals surface area contributed by atoms with Gasteiger partial charge >= 0.3 is 0 Å². The second kappa shape index (κ2) is 6.16. The molecular weight excluding hydrogens is 375 g/mol. The number of aliphatic hydroxyl groups excluding tert-OH is 1. The Labute approximate surface area is 128 Å². The zero-order valence-corrected chi connectivity index (χ0v) is 13.5. The van der Waals surface area contributed by atoms with Crippen LogP contribution in [0.3, 0.4) is 0 Å². The summed E-state index contributed by atoms with van der Waals surface area (Å²) in [5, 5.41) is 10.3. The minimum atomic E-state index is -0.658. The molecular formula is C15H13Br2FO. The third kappa shape index (κ3) is 3.88. The van der Waals surface area contributed by atoms with Crippen molar-refractivity contribution < 1.29 is 9.50 Å². The molecule has 0 amide bonds. The maximum atomic E-state index is 13.2. The lowest BCUT2D eigenvalue weighted by molar-refractivity contribution is 0.178. The lowest BCUT2D eigenvalue weighted by atomic mass is 10.00. The van der Waals surface area contributed by atoms with Crippen LogP contribution in [0.2, 0.25) is 0 Å². The molecule has 0 fully saturated rings. The molecule has 0 aliphatic heterocycles. The molecule has 2 rings (SSSR count). The molecule has 0 saturated carbocycles. The van der Waals surface area contributed by atoms with Crippen molar-refractivity contribution in [3.8, 4) is 0 Å². The van der Waals surface area contributed by atoms with Crippen LogP contribution < -0.4 is 0 Å². The SMILES string of the molecule is Cc1cc(Br)cc(C(O)Cc2cc(F)ccc2Br)c1. The van der Waals surface area contributed by atoms with Crippen LogP contribution >= 0.6 is 31.9 Å². The number of halogens is 3. The van der Waals surface area contributed by atoms with E-state index in [1.54, 1.807) is 6.07 Å². The fourth-order valence-electron chi connectivity index (χ4n) is 1.98. The first-order chi connectivity index (χ1) is 8.95. The van der Waals surface area contributed by atoms with E-state index in [4.69, 9.17) is 0 Å². The van der Waals surface area contributed by atoms with Crippen LogP contribution in [0.15, 0.2) is 45.3 Å². The molecule has 1 unspecified atom stereocenters. The molecule has 0 aromatic heterocycles. The van der Waals surface area contributed by atoms with Gasteiger partial charge in [-0.15, -0.1) is 0 Å². The fourth-order valence-corrected chi connectivity index (χ4v) is 3.02. The molecule has 0 heterocycles. The lowest BCUT2D eigenvalue weighted by Crippen LogP contribution is -2.03. The zero-order valence-electron chi connectivity index (χ0n) is 10.3. The van der Waals surface area contributed by atoms with Gasteiger partial charge in [-0.1, -0.05) is 37.9 Å². The maximum Gasteiger partial charge on any atom is 0.123 e. The first-order valence-electron chi connectivity index (χ1n) is 5.85. The second-order valence-corrected chi connectivity index (χ2v) is 6.29. The maximum absolute atomic E-state index is 13.2. The van der Waals surface area contributed by atoms with Crippen LogP contribution in [0, 0.1) is 12.7 Å². The van der Waals surface area contributed by atoms with Gasteiger partial charge in [-0.3, -0.25) is 0 Å². The Hall–Kier alpha value is -0.710. The van der Waals surface area contributed by atoms with E-state index in [0.29, 0.717) is 6.42 Å². The van der Waals surface area contributed by atoms with Crippen LogP contribution in [0.4, 0.5) is 4.39 Å². The topological polar surface area (TPSA) is 20.2 Å². The first-order valence-corrected chi connectivity index (χ1v) is 7.43. The highest BCUT2D eigenvalue weighted by atomic mass is 79.9. The van der Waals surface area contributed by atoms with Crippen molar-refractivity contribution in [2.24, 2.45) is 0 Å². The Morgan fingerprint density at radius 3 is 2.58 bits per heavy atom. The van der Waals surface area contributed by atoms with E-state index in [0.717, 1.165) is 25.6 Å². The second-order valence-electron chi connectivity index (χ2n) is 4.52. The molecule has 1 nitrogen and oxygen atoms in total. The van der Waals surface area contributed by atoms with E-state index in [-0.39, 0.29) is 5.82 Å². The fraction of sp³-hybridized carbons (Fsp3) is 0.200. The van der Waals surface area contributed by atoms with Crippen molar-refractivity contribution in [3.63, 3.8) is 0 Å². The Morgan fingerprint density at radius 1 is 1.16 bits per heavy atom. The molecule has 0 radical (unpaired) electrons. The molecule has 0 bridgehead atoms. The quantitative estimate of drug-likeness (QED) is 0.791. The van der Waals surface area contributed by atoms with Crippen molar-refractivity contribution in [1.29, 1.82) is 0 Å². The standard InChI is InChI=1S/C15H13Br2FO/c1-9-4-11(6-12(16)5-9)15(19)8-10-7-13(18)2-3-14(10)17/h2-7,15,19H,8H2,1H3. The van der Waals surface area contributed by atoms with Gasteiger partial charge < -0.3 is 5.11 Å². The monoisotopic (exact) mass is 386 g/mol. The molecule has 1 atom stereocenters. The Bertz CT molecular complexity index is 578. The summed E-state index contributed by atoms with van der Waals surface area (Å²) >= 11 is 6.79. The van der Waals surface area contributed by atoms with Crippen LogP contribution in [-0.4, -0.2) is 5.11 Å². The van der Waals surface area contributed by atoms with Crippen LogP contribution in [-0.2, 0) is 6.42 Å². The zero-order chi connectivity index (χ0) is 14.0. The average molecular weight is 388 g/mol. The number of benzene rings is 2. The third-order valence-electron chi connectivity index (χ3n) is 2.87. The summed E-state index contributed by atoms with van der Waals surface area (Å²) in [5.41, 5.74) is 2.65. The molecule has 0 saturated heterocycles. The summed E-state index contributed by atoms with van der Waals surface area (Å²) in [6.45, 7) is 1.97. The Balaban J connectivity index is 2.25. The summed E-state index contributed by atoms with van der Waals surface area (Å²) in [6.07, 6.45) is -0.289. The van der Waals surface area contributed by atoms with Crippen LogP contribution in [0.5, 0.6) is 0 Å². The minimum absolute atomic E-state index is 0.296. The summed E-state index contributed by atoms with van der Waals surface area (Å²) < 4.78 is 15.0. The van der Waals surface area contributed by atoms with Crippen molar-refractivity contribution >= 4 is 31.9 Å². The van der Waals surface area contributed by atoms with Gasteiger partial charge in [0.1, 0.15) is 5.82 Å².